The Kier molecular flexibility index (Phi) is 5.40. The first-order valence-electron chi connectivity index (χ1n) is 9.58. The van der Waals surface area contributed by atoms with Crippen molar-refractivity contribution in [1.29, 1.82) is 0 Å². The number of pyridine rings is 1. The van der Waals surface area contributed by atoms with Crippen LogP contribution in [0, 0.1) is 0 Å². The van der Waals surface area contributed by atoms with Gasteiger partial charge in [-0.25, -0.2) is 15.0 Å². The third kappa shape index (κ3) is 4.53. The van der Waals surface area contributed by atoms with Crippen LogP contribution in [0.3, 0.4) is 0 Å². The molecule has 1 aliphatic rings. The first-order chi connectivity index (χ1) is 14.7. The van der Waals surface area contributed by atoms with E-state index in [1.54, 1.807) is 24.4 Å². The highest BCUT2D eigenvalue weighted by Crippen LogP contribution is 2.38. The van der Waals surface area contributed by atoms with E-state index in [0.717, 1.165) is 11.6 Å². The molecule has 7 nitrogen and oxygen atoms in total. The summed E-state index contributed by atoms with van der Waals surface area (Å²) in [7, 11) is 1.88. The van der Waals surface area contributed by atoms with Gasteiger partial charge in [0.2, 0.25) is 0 Å². The van der Waals surface area contributed by atoms with Crippen LogP contribution in [0.25, 0.3) is 11.3 Å². The molecule has 4 rings (SSSR count). The summed E-state index contributed by atoms with van der Waals surface area (Å²) in [6, 6.07) is 6.22. The second kappa shape index (κ2) is 8.03. The number of likely N-dealkylation sites (N-methyl/N-ethyl adjacent to an activating group) is 1. The van der Waals surface area contributed by atoms with Gasteiger partial charge in [0.05, 0.1) is 17.5 Å². The van der Waals surface area contributed by atoms with E-state index in [2.05, 4.69) is 15.0 Å². The van der Waals surface area contributed by atoms with Gasteiger partial charge in [-0.1, -0.05) is 0 Å². The number of halogens is 3. The first-order valence-corrected chi connectivity index (χ1v) is 9.58. The maximum absolute atomic E-state index is 13.7. The van der Waals surface area contributed by atoms with E-state index in [0.29, 0.717) is 42.0 Å². The molecular weight excluding hydrogens is 409 g/mol. The Morgan fingerprint density at radius 3 is 2.71 bits per heavy atom. The lowest BCUT2D eigenvalue weighted by atomic mass is 9.91. The van der Waals surface area contributed by atoms with Crippen LogP contribution >= 0.6 is 0 Å². The standard InChI is InChI=1S/C21H21F3N6O/c1-30-5-3-15-14(10-30)7-13(8-16(15)21(22,23)24)17-9-28-19(26)20(29-17)31-11-12-2-4-27-18(25)6-12/h2,4,6-9H,3,5,10-11H2,1H3,(H2,25,27)(H2,26,28). The van der Waals surface area contributed by atoms with Crippen molar-refractivity contribution >= 4 is 11.6 Å². The monoisotopic (exact) mass is 430 g/mol. The summed E-state index contributed by atoms with van der Waals surface area (Å²) in [6.07, 6.45) is -1.22. The SMILES string of the molecule is CN1CCc2c(cc(-c3cnc(N)c(OCc4ccnc(N)c4)n3)cc2C(F)(F)F)C1. The highest BCUT2D eigenvalue weighted by molar-refractivity contribution is 5.65. The summed E-state index contributed by atoms with van der Waals surface area (Å²) >= 11 is 0. The average Bonchev–Trinajstić information content (AvgIpc) is 2.71. The topological polar surface area (TPSA) is 103 Å². The summed E-state index contributed by atoms with van der Waals surface area (Å²) in [5, 5.41) is 0. The number of nitrogen functional groups attached to an aromatic ring is 2. The second-order valence-electron chi connectivity index (χ2n) is 7.47. The highest BCUT2D eigenvalue weighted by Gasteiger charge is 2.36. The number of nitrogens with two attached hydrogens (primary N) is 2. The third-order valence-electron chi connectivity index (χ3n) is 5.12. The molecule has 0 unspecified atom stereocenters. The van der Waals surface area contributed by atoms with Gasteiger partial charge in [-0.2, -0.15) is 13.2 Å². The molecule has 0 atom stereocenters. The zero-order chi connectivity index (χ0) is 22.2. The Balaban J connectivity index is 1.69. The van der Waals surface area contributed by atoms with Crippen molar-refractivity contribution in [2.75, 3.05) is 25.1 Å². The molecule has 3 heterocycles. The Hall–Kier alpha value is -3.40. The minimum Gasteiger partial charge on any atom is -0.470 e. The molecule has 0 bridgehead atoms. The minimum absolute atomic E-state index is 0.0382. The van der Waals surface area contributed by atoms with Gasteiger partial charge in [0.1, 0.15) is 12.4 Å². The number of anilines is 2. The predicted octanol–water partition coefficient (Wildman–Crippen LogP) is 3.29. The van der Waals surface area contributed by atoms with E-state index in [1.165, 1.54) is 6.20 Å². The van der Waals surface area contributed by atoms with Gasteiger partial charge in [-0.05, 0) is 54.4 Å². The van der Waals surface area contributed by atoms with Crippen LogP contribution in [0.2, 0.25) is 0 Å². The molecule has 10 heteroatoms. The molecule has 31 heavy (non-hydrogen) atoms. The first kappa shape index (κ1) is 20.9. The normalized spacial score (nSPS) is 14.3. The Morgan fingerprint density at radius 1 is 1.16 bits per heavy atom. The fourth-order valence-electron chi connectivity index (χ4n) is 3.60. The second-order valence-corrected chi connectivity index (χ2v) is 7.47. The van der Waals surface area contributed by atoms with Crippen LogP contribution in [0.5, 0.6) is 5.88 Å². The van der Waals surface area contributed by atoms with Crippen LogP contribution < -0.4 is 16.2 Å². The summed E-state index contributed by atoms with van der Waals surface area (Å²) in [4.78, 5) is 14.3. The fraction of sp³-hybridized carbons (Fsp3) is 0.286. The predicted molar refractivity (Wildman–Crippen MR) is 110 cm³/mol. The van der Waals surface area contributed by atoms with E-state index in [-0.39, 0.29) is 24.0 Å². The molecule has 0 saturated heterocycles. The van der Waals surface area contributed by atoms with Gasteiger partial charge >= 0.3 is 6.18 Å². The molecule has 0 spiro atoms. The summed E-state index contributed by atoms with van der Waals surface area (Å²) < 4.78 is 46.9. The molecule has 0 radical (unpaired) electrons. The average molecular weight is 430 g/mol. The zero-order valence-electron chi connectivity index (χ0n) is 16.8. The van der Waals surface area contributed by atoms with E-state index >= 15 is 0 Å². The molecule has 1 aliphatic heterocycles. The molecule has 1 aromatic carbocycles. The van der Waals surface area contributed by atoms with Gasteiger partial charge in [0.15, 0.2) is 5.82 Å². The Labute approximate surface area is 176 Å². The lowest BCUT2D eigenvalue weighted by molar-refractivity contribution is -0.138. The van der Waals surface area contributed by atoms with Crippen LogP contribution in [0.4, 0.5) is 24.8 Å². The van der Waals surface area contributed by atoms with Gasteiger partial charge in [0.25, 0.3) is 5.88 Å². The number of fused-ring (bicyclic) bond motifs is 1. The van der Waals surface area contributed by atoms with E-state index in [9.17, 15) is 13.2 Å². The summed E-state index contributed by atoms with van der Waals surface area (Å²) in [6.45, 7) is 1.12. The number of rotatable bonds is 4. The zero-order valence-corrected chi connectivity index (χ0v) is 16.8. The van der Waals surface area contributed by atoms with E-state index in [4.69, 9.17) is 16.2 Å². The summed E-state index contributed by atoms with van der Waals surface area (Å²) in [5.74, 6) is 0.420. The number of nitrogens with zero attached hydrogens (tertiary/aromatic N) is 4. The maximum Gasteiger partial charge on any atom is 0.416 e. The highest BCUT2D eigenvalue weighted by atomic mass is 19.4. The largest absolute Gasteiger partial charge is 0.470 e. The number of ether oxygens (including phenoxy) is 1. The van der Waals surface area contributed by atoms with Crippen molar-refractivity contribution in [3.63, 3.8) is 0 Å². The molecule has 0 aliphatic carbocycles. The van der Waals surface area contributed by atoms with Crippen molar-refractivity contribution in [3.8, 4) is 17.1 Å². The number of hydrogen-bond acceptors (Lipinski definition) is 7. The number of benzene rings is 1. The third-order valence-corrected chi connectivity index (χ3v) is 5.12. The molecule has 3 aromatic rings. The molecule has 0 amide bonds. The molecular formula is C21H21F3N6O. The molecule has 2 aromatic heterocycles. The molecule has 162 valence electrons. The van der Waals surface area contributed by atoms with Crippen LogP contribution in [0.15, 0.2) is 36.7 Å². The van der Waals surface area contributed by atoms with E-state index < -0.39 is 11.7 Å². The van der Waals surface area contributed by atoms with Gasteiger partial charge in [0, 0.05) is 24.8 Å². The van der Waals surface area contributed by atoms with Crippen molar-refractivity contribution in [1.82, 2.24) is 19.9 Å². The Bertz CT molecular complexity index is 1120. The lowest BCUT2D eigenvalue weighted by Gasteiger charge is -2.28. The van der Waals surface area contributed by atoms with Gasteiger partial charge in [-0.3, -0.25) is 0 Å². The smallest absolute Gasteiger partial charge is 0.416 e. The Morgan fingerprint density at radius 2 is 1.97 bits per heavy atom. The minimum atomic E-state index is -4.46. The quantitative estimate of drug-likeness (QED) is 0.655. The maximum atomic E-state index is 13.7. The lowest BCUT2D eigenvalue weighted by Crippen LogP contribution is -2.28. The van der Waals surface area contributed by atoms with Gasteiger partial charge < -0.3 is 21.1 Å². The molecule has 4 N–H and O–H groups in total. The van der Waals surface area contributed by atoms with Crippen molar-refractivity contribution in [2.45, 2.75) is 25.7 Å². The number of aromatic nitrogens is 3. The molecule has 0 fully saturated rings. The summed E-state index contributed by atoms with van der Waals surface area (Å²) in [5.41, 5.74) is 13.2. The van der Waals surface area contributed by atoms with Crippen molar-refractivity contribution in [2.24, 2.45) is 0 Å². The van der Waals surface area contributed by atoms with Crippen molar-refractivity contribution < 1.29 is 17.9 Å². The van der Waals surface area contributed by atoms with E-state index in [1.807, 2.05) is 11.9 Å². The van der Waals surface area contributed by atoms with Gasteiger partial charge in [-0.15, -0.1) is 0 Å². The fourth-order valence-corrected chi connectivity index (χ4v) is 3.60. The number of hydrogen-bond donors (Lipinski definition) is 2. The van der Waals surface area contributed by atoms with Crippen molar-refractivity contribution in [3.05, 3.63) is 58.9 Å². The van der Waals surface area contributed by atoms with Crippen LogP contribution in [-0.2, 0) is 25.7 Å². The molecule has 0 saturated carbocycles. The van der Waals surface area contributed by atoms with Crippen LogP contribution in [0.1, 0.15) is 22.3 Å². The number of alkyl halides is 3. The van der Waals surface area contributed by atoms with Crippen LogP contribution in [-0.4, -0.2) is 33.4 Å².